The van der Waals surface area contributed by atoms with Gasteiger partial charge in [0, 0.05) is 12.1 Å². The molecule has 0 unspecified atom stereocenters. The van der Waals surface area contributed by atoms with Gasteiger partial charge >= 0.3 is 0 Å². The van der Waals surface area contributed by atoms with Crippen molar-refractivity contribution in [1.82, 2.24) is 4.72 Å². The molecule has 0 aliphatic heterocycles. The van der Waals surface area contributed by atoms with Crippen LogP contribution in [-0.2, 0) is 10.0 Å². The second kappa shape index (κ2) is 7.36. The van der Waals surface area contributed by atoms with Crippen molar-refractivity contribution >= 4 is 38.8 Å². The van der Waals surface area contributed by atoms with Gasteiger partial charge in [0.15, 0.2) is 0 Å². The van der Waals surface area contributed by atoms with Gasteiger partial charge in [-0.15, -0.1) is 0 Å². The van der Waals surface area contributed by atoms with E-state index in [1.54, 1.807) is 6.07 Å². The standard InChI is InChI=1S/C13H19ClN2O2S2/c1-3-9(4-2)8-16-20(17,18)12-6-5-10(13(15)19)7-11(12)14/h5-7,9,16H,3-4,8H2,1-2H3,(H2,15,19). The van der Waals surface area contributed by atoms with E-state index >= 15 is 0 Å². The molecule has 7 heteroatoms. The van der Waals surface area contributed by atoms with Crippen molar-refractivity contribution in [3.63, 3.8) is 0 Å². The van der Waals surface area contributed by atoms with Crippen molar-refractivity contribution in [2.75, 3.05) is 6.54 Å². The highest BCUT2D eigenvalue weighted by molar-refractivity contribution is 7.89. The minimum absolute atomic E-state index is 0.0464. The lowest BCUT2D eigenvalue weighted by atomic mass is 10.0. The zero-order valence-corrected chi connectivity index (χ0v) is 13.9. The lowest BCUT2D eigenvalue weighted by Crippen LogP contribution is -2.29. The minimum Gasteiger partial charge on any atom is -0.389 e. The van der Waals surface area contributed by atoms with Crippen LogP contribution < -0.4 is 10.5 Å². The van der Waals surface area contributed by atoms with Gasteiger partial charge in [0.05, 0.1) is 5.02 Å². The van der Waals surface area contributed by atoms with Gasteiger partial charge in [-0.25, -0.2) is 13.1 Å². The summed E-state index contributed by atoms with van der Waals surface area (Å²) in [6.07, 6.45) is 1.85. The maximum atomic E-state index is 12.2. The summed E-state index contributed by atoms with van der Waals surface area (Å²) < 4.78 is 27.0. The maximum absolute atomic E-state index is 12.2. The molecule has 1 aromatic carbocycles. The first-order chi connectivity index (χ1) is 9.31. The molecule has 0 bridgehead atoms. The number of hydrogen-bond acceptors (Lipinski definition) is 3. The third-order valence-corrected chi connectivity index (χ3v) is 5.36. The fourth-order valence-corrected chi connectivity index (χ4v) is 3.54. The van der Waals surface area contributed by atoms with Gasteiger partial charge in [-0.1, -0.05) is 56.6 Å². The highest BCUT2D eigenvalue weighted by atomic mass is 35.5. The van der Waals surface area contributed by atoms with Crippen molar-refractivity contribution in [2.45, 2.75) is 31.6 Å². The number of halogens is 1. The summed E-state index contributed by atoms with van der Waals surface area (Å²) in [6.45, 7) is 4.47. The second-order valence-electron chi connectivity index (χ2n) is 4.54. The third-order valence-electron chi connectivity index (χ3n) is 3.22. The number of thiocarbonyl (C=S) groups is 1. The molecule has 4 nitrogen and oxygen atoms in total. The van der Waals surface area contributed by atoms with Crippen molar-refractivity contribution in [3.05, 3.63) is 28.8 Å². The predicted octanol–water partition coefficient (Wildman–Crippen LogP) is 2.69. The Hall–Kier alpha value is -0.690. The number of hydrogen-bond donors (Lipinski definition) is 2. The van der Waals surface area contributed by atoms with Crippen LogP contribution in [0.25, 0.3) is 0 Å². The Labute approximate surface area is 130 Å². The molecule has 0 amide bonds. The van der Waals surface area contributed by atoms with Crippen LogP contribution in [0, 0.1) is 5.92 Å². The van der Waals surface area contributed by atoms with Gasteiger partial charge in [0.2, 0.25) is 10.0 Å². The molecule has 1 rings (SSSR count). The average molecular weight is 335 g/mol. The van der Waals surface area contributed by atoms with Gasteiger partial charge < -0.3 is 5.73 Å². The molecule has 0 heterocycles. The van der Waals surface area contributed by atoms with Gasteiger partial charge in [-0.2, -0.15) is 0 Å². The van der Waals surface area contributed by atoms with E-state index in [4.69, 9.17) is 29.6 Å². The van der Waals surface area contributed by atoms with E-state index in [1.807, 2.05) is 13.8 Å². The average Bonchev–Trinajstić information content (AvgIpc) is 2.39. The van der Waals surface area contributed by atoms with Crippen LogP contribution in [0.2, 0.25) is 5.02 Å². The Morgan fingerprint density at radius 3 is 2.45 bits per heavy atom. The number of benzene rings is 1. The summed E-state index contributed by atoms with van der Waals surface area (Å²) in [7, 11) is -3.61. The largest absolute Gasteiger partial charge is 0.389 e. The summed E-state index contributed by atoms with van der Waals surface area (Å²) >= 11 is 10.8. The Balaban J connectivity index is 2.95. The van der Waals surface area contributed by atoms with Crippen LogP contribution in [0.15, 0.2) is 23.1 Å². The molecule has 0 aliphatic carbocycles. The summed E-state index contributed by atoms with van der Waals surface area (Å²) in [5.74, 6) is 0.319. The Morgan fingerprint density at radius 2 is 2.00 bits per heavy atom. The lowest BCUT2D eigenvalue weighted by Gasteiger charge is -2.14. The van der Waals surface area contributed by atoms with E-state index in [2.05, 4.69) is 4.72 Å². The summed E-state index contributed by atoms with van der Waals surface area (Å²) in [6, 6.07) is 4.45. The molecule has 20 heavy (non-hydrogen) atoms. The van der Waals surface area contributed by atoms with Gasteiger partial charge in [0.1, 0.15) is 9.88 Å². The quantitative estimate of drug-likeness (QED) is 0.752. The zero-order valence-electron chi connectivity index (χ0n) is 11.5. The van der Waals surface area contributed by atoms with Crippen LogP contribution in [0.5, 0.6) is 0 Å². The first-order valence-corrected chi connectivity index (χ1v) is 8.67. The fourth-order valence-electron chi connectivity index (χ4n) is 1.75. The maximum Gasteiger partial charge on any atom is 0.242 e. The molecular weight excluding hydrogens is 316 g/mol. The molecule has 0 aromatic heterocycles. The monoisotopic (exact) mass is 334 g/mol. The molecule has 0 atom stereocenters. The summed E-state index contributed by atoms with van der Waals surface area (Å²) in [5, 5.41) is 0.118. The van der Waals surface area contributed by atoms with Gasteiger partial charge in [0.25, 0.3) is 0 Å². The minimum atomic E-state index is -3.61. The second-order valence-corrected chi connectivity index (χ2v) is 7.13. The van der Waals surface area contributed by atoms with Crippen molar-refractivity contribution < 1.29 is 8.42 Å². The first-order valence-electron chi connectivity index (χ1n) is 6.40. The molecule has 0 aliphatic rings. The fraction of sp³-hybridized carbons (Fsp3) is 0.462. The molecule has 0 fully saturated rings. The number of nitrogens with one attached hydrogen (secondary N) is 1. The summed E-state index contributed by atoms with van der Waals surface area (Å²) in [4.78, 5) is 0.228. The highest BCUT2D eigenvalue weighted by Crippen LogP contribution is 2.23. The lowest BCUT2D eigenvalue weighted by molar-refractivity contribution is 0.479. The van der Waals surface area contributed by atoms with E-state index in [9.17, 15) is 8.42 Å². The van der Waals surface area contributed by atoms with Crippen molar-refractivity contribution in [1.29, 1.82) is 0 Å². The van der Waals surface area contributed by atoms with Crippen LogP contribution in [0.3, 0.4) is 0 Å². The van der Waals surface area contributed by atoms with Gasteiger partial charge in [-0.05, 0) is 18.1 Å². The van der Waals surface area contributed by atoms with E-state index in [0.29, 0.717) is 18.0 Å². The van der Waals surface area contributed by atoms with Crippen molar-refractivity contribution in [2.24, 2.45) is 11.7 Å². The summed E-state index contributed by atoms with van der Waals surface area (Å²) in [5.41, 5.74) is 6.03. The Morgan fingerprint density at radius 1 is 1.40 bits per heavy atom. The normalized spacial score (nSPS) is 11.8. The van der Waals surface area contributed by atoms with Crippen molar-refractivity contribution in [3.8, 4) is 0 Å². The molecule has 3 N–H and O–H groups in total. The van der Waals surface area contributed by atoms with E-state index in [-0.39, 0.29) is 14.9 Å². The Kier molecular flexibility index (Phi) is 6.39. The predicted molar refractivity (Wildman–Crippen MR) is 86.6 cm³/mol. The molecule has 112 valence electrons. The first kappa shape index (κ1) is 17.4. The topological polar surface area (TPSA) is 72.2 Å². The number of nitrogens with two attached hydrogens (primary N) is 1. The SMILES string of the molecule is CCC(CC)CNS(=O)(=O)c1ccc(C(N)=S)cc1Cl. The van der Waals surface area contributed by atoms with Crippen LogP contribution in [-0.4, -0.2) is 20.0 Å². The smallest absolute Gasteiger partial charge is 0.242 e. The van der Waals surface area contributed by atoms with E-state index < -0.39 is 10.0 Å². The number of sulfonamides is 1. The number of rotatable bonds is 7. The molecular formula is C13H19ClN2O2S2. The van der Waals surface area contributed by atoms with Crippen LogP contribution in [0.1, 0.15) is 32.3 Å². The van der Waals surface area contributed by atoms with Crippen LogP contribution in [0.4, 0.5) is 0 Å². The molecule has 0 saturated carbocycles. The van der Waals surface area contributed by atoms with E-state index in [0.717, 1.165) is 12.8 Å². The highest BCUT2D eigenvalue weighted by Gasteiger charge is 2.19. The van der Waals surface area contributed by atoms with Crippen LogP contribution >= 0.6 is 23.8 Å². The molecule has 0 radical (unpaired) electrons. The Bertz CT molecular complexity index is 584. The molecule has 0 spiro atoms. The van der Waals surface area contributed by atoms with E-state index in [1.165, 1.54) is 12.1 Å². The zero-order chi connectivity index (χ0) is 15.3. The molecule has 1 aromatic rings. The van der Waals surface area contributed by atoms with Gasteiger partial charge in [-0.3, -0.25) is 0 Å². The molecule has 0 saturated heterocycles. The third kappa shape index (κ3) is 4.41.